The highest BCUT2D eigenvalue weighted by Crippen LogP contribution is 2.22. The molecule has 17 heavy (non-hydrogen) atoms. The van der Waals surface area contributed by atoms with Crippen molar-refractivity contribution in [2.24, 2.45) is 0 Å². The fourth-order valence-electron chi connectivity index (χ4n) is 2.49. The molecule has 94 valence electrons. The Morgan fingerprint density at radius 2 is 2.06 bits per heavy atom. The van der Waals surface area contributed by atoms with Crippen LogP contribution in [0.1, 0.15) is 37.6 Å². The van der Waals surface area contributed by atoms with E-state index >= 15 is 0 Å². The van der Waals surface area contributed by atoms with E-state index in [-0.39, 0.29) is 0 Å². The summed E-state index contributed by atoms with van der Waals surface area (Å²) in [6.07, 6.45) is 4.23. The lowest BCUT2D eigenvalue weighted by molar-refractivity contribution is 0.166. The number of piperazine rings is 1. The number of nitrogens with zero attached hydrogens (tertiary/aromatic N) is 2. The molecule has 0 radical (unpaired) electrons. The molecular weight excluding hydrogens is 210 g/mol. The van der Waals surface area contributed by atoms with Gasteiger partial charge in [-0.05, 0) is 24.5 Å². The first-order valence-corrected chi connectivity index (χ1v) is 6.74. The number of hydrogen-bond donors (Lipinski definition) is 1. The van der Waals surface area contributed by atoms with Crippen LogP contribution in [0.5, 0.6) is 0 Å². The first kappa shape index (κ1) is 12.5. The van der Waals surface area contributed by atoms with Gasteiger partial charge in [0.05, 0.1) is 11.7 Å². The van der Waals surface area contributed by atoms with E-state index in [2.05, 4.69) is 41.2 Å². The average molecular weight is 233 g/mol. The molecule has 0 aromatic carbocycles. The van der Waals surface area contributed by atoms with Crippen molar-refractivity contribution in [3.63, 3.8) is 0 Å². The van der Waals surface area contributed by atoms with Gasteiger partial charge in [-0.25, -0.2) is 0 Å². The predicted molar refractivity (Wildman–Crippen MR) is 71.1 cm³/mol. The van der Waals surface area contributed by atoms with Crippen molar-refractivity contribution >= 4 is 0 Å². The van der Waals surface area contributed by atoms with Crippen molar-refractivity contribution in [3.05, 3.63) is 29.6 Å². The molecule has 0 spiro atoms. The maximum absolute atomic E-state index is 4.63. The van der Waals surface area contributed by atoms with Crippen LogP contribution in [0.15, 0.2) is 18.3 Å². The van der Waals surface area contributed by atoms with Crippen molar-refractivity contribution < 1.29 is 0 Å². The number of nitrogens with one attached hydrogen (secondary N) is 1. The molecule has 1 unspecified atom stereocenters. The standard InChI is InChI=1S/C14H23N3/c1-3-12-5-6-13(16-11-12)14(4-2)17-9-7-15-8-10-17/h5-6,11,14-15H,3-4,7-10H2,1-2H3. The van der Waals surface area contributed by atoms with Crippen LogP contribution in [-0.2, 0) is 6.42 Å². The fourth-order valence-corrected chi connectivity index (χ4v) is 2.49. The molecule has 2 rings (SSSR count). The van der Waals surface area contributed by atoms with Crippen LogP contribution < -0.4 is 5.32 Å². The van der Waals surface area contributed by atoms with E-state index in [1.807, 2.05) is 6.20 Å². The summed E-state index contributed by atoms with van der Waals surface area (Å²) in [6.45, 7) is 8.89. The van der Waals surface area contributed by atoms with Crippen molar-refractivity contribution in [3.8, 4) is 0 Å². The van der Waals surface area contributed by atoms with Crippen molar-refractivity contribution in [1.29, 1.82) is 0 Å². The first-order chi connectivity index (χ1) is 8.35. The zero-order valence-electron chi connectivity index (χ0n) is 10.9. The van der Waals surface area contributed by atoms with E-state index in [0.29, 0.717) is 6.04 Å². The molecule has 0 saturated carbocycles. The SMILES string of the molecule is CCc1ccc(C(CC)N2CCNCC2)nc1. The van der Waals surface area contributed by atoms with Gasteiger partial charge in [-0.2, -0.15) is 0 Å². The molecule has 1 N–H and O–H groups in total. The summed E-state index contributed by atoms with van der Waals surface area (Å²) in [6, 6.07) is 4.91. The zero-order chi connectivity index (χ0) is 12.1. The highest BCUT2D eigenvalue weighted by molar-refractivity contribution is 5.16. The van der Waals surface area contributed by atoms with Gasteiger partial charge in [-0.1, -0.05) is 19.9 Å². The Labute approximate surface area is 104 Å². The second-order valence-corrected chi connectivity index (χ2v) is 4.65. The van der Waals surface area contributed by atoms with E-state index in [9.17, 15) is 0 Å². The van der Waals surface area contributed by atoms with Crippen LogP contribution in [-0.4, -0.2) is 36.1 Å². The molecule has 1 aliphatic heterocycles. The Morgan fingerprint density at radius 3 is 2.59 bits per heavy atom. The average Bonchev–Trinajstić information content (AvgIpc) is 2.42. The molecule has 3 heteroatoms. The molecule has 0 bridgehead atoms. The zero-order valence-corrected chi connectivity index (χ0v) is 10.9. The maximum Gasteiger partial charge on any atom is 0.0575 e. The summed E-state index contributed by atoms with van der Waals surface area (Å²) in [4.78, 5) is 7.18. The fraction of sp³-hybridized carbons (Fsp3) is 0.643. The van der Waals surface area contributed by atoms with Crippen molar-refractivity contribution in [2.45, 2.75) is 32.7 Å². The molecule has 1 fully saturated rings. The molecule has 0 aliphatic carbocycles. The summed E-state index contributed by atoms with van der Waals surface area (Å²) in [5.41, 5.74) is 2.55. The van der Waals surface area contributed by atoms with Gasteiger partial charge in [0.2, 0.25) is 0 Å². The van der Waals surface area contributed by atoms with Gasteiger partial charge in [0, 0.05) is 32.4 Å². The smallest absolute Gasteiger partial charge is 0.0575 e. The van der Waals surface area contributed by atoms with Crippen molar-refractivity contribution in [2.75, 3.05) is 26.2 Å². The van der Waals surface area contributed by atoms with Crippen LogP contribution in [0.3, 0.4) is 0 Å². The summed E-state index contributed by atoms with van der Waals surface area (Å²) in [5.74, 6) is 0. The summed E-state index contributed by atoms with van der Waals surface area (Å²) in [7, 11) is 0. The largest absolute Gasteiger partial charge is 0.314 e. The van der Waals surface area contributed by atoms with Gasteiger partial charge >= 0.3 is 0 Å². The number of rotatable bonds is 4. The minimum absolute atomic E-state index is 0.489. The van der Waals surface area contributed by atoms with E-state index in [4.69, 9.17) is 0 Å². The topological polar surface area (TPSA) is 28.2 Å². The molecule has 1 atom stereocenters. The monoisotopic (exact) mass is 233 g/mol. The van der Waals surface area contributed by atoms with Gasteiger partial charge < -0.3 is 5.32 Å². The Kier molecular flexibility index (Phi) is 4.51. The molecule has 0 amide bonds. The third-order valence-electron chi connectivity index (χ3n) is 3.58. The third kappa shape index (κ3) is 3.05. The van der Waals surface area contributed by atoms with Gasteiger partial charge in [-0.3, -0.25) is 9.88 Å². The molecule has 3 nitrogen and oxygen atoms in total. The van der Waals surface area contributed by atoms with Crippen LogP contribution in [0.2, 0.25) is 0 Å². The lowest BCUT2D eigenvalue weighted by atomic mass is 10.1. The Hall–Kier alpha value is -0.930. The maximum atomic E-state index is 4.63. The minimum atomic E-state index is 0.489. The third-order valence-corrected chi connectivity index (χ3v) is 3.58. The van der Waals surface area contributed by atoms with Crippen LogP contribution >= 0.6 is 0 Å². The molecular formula is C14H23N3. The Morgan fingerprint density at radius 1 is 1.29 bits per heavy atom. The van der Waals surface area contributed by atoms with Crippen LogP contribution in [0, 0.1) is 0 Å². The van der Waals surface area contributed by atoms with E-state index < -0.39 is 0 Å². The Balaban J connectivity index is 2.10. The summed E-state index contributed by atoms with van der Waals surface area (Å²) in [5, 5.41) is 3.40. The van der Waals surface area contributed by atoms with Gasteiger partial charge in [0.25, 0.3) is 0 Å². The highest BCUT2D eigenvalue weighted by atomic mass is 15.2. The number of pyridine rings is 1. The van der Waals surface area contributed by atoms with Crippen LogP contribution in [0.4, 0.5) is 0 Å². The normalized spacial score (nSPS) is 19.2. The molecule has 1 saturated heterocycles. The Bertz CT molecular complexity index is 328. The number of aryl methyl sites for hydroxylation is 1. The van der Waals surface area contributed by atoms with Crippen molar-refractivity contribution in [1.82, 2.24) is 15.2 Å². The second kappa shape index (κ2) is 6.12. The minimum Gasteiger partial charge on any atom is -0.314 e. The quantitative estimate of drug-likeness (QED) is 0.862. The van der Waals surface area contributed by atoms with E-state index in [1.54, 1.807) is 0 Å². The molecule has 1 aliphatic rings. The second-order valence-electron chi connectivity index (χ2n) is 4.65. The summed E-state index contributed by atoms with van der Waals surface area (Å²) >= 11 is 0. The lowest BCUT2D eigenvalue weighted by Crippen LogP contribution is -2.45. The van der Waals surface area contributed by atoms with Gasteiger partial charge in [0.15, 0.2) is 0 Å². The predicted octanol–water partition coefficient (Wildman–Crippen LogP) is 2.00. The highest BCUT2D eigenvalue weighted by Gasteiger charge is 2.21. The first-order valence-electron chi connectivity index (χ1n) is 6.74. The number of aromatic nitrogens is 1. The number of hydrogen-bond acceptors (Lipinski definition) is 3. The van der Waals surface area contributed by atoms with E-state index in [1.165, 1.54) is 11.3 Å². The molecule has 2 heterocycles. The van der Waals surface area contributed by atoms with Crippen LogP contribution in [0.25, 0.3) is 0 Å². The van der Waals surface area contributed by atoms with Gasteiger partial charge in [0.1, 0.15) is 0 Å². The van der Waals surface area contributed by atoms with Gasteiger partial charge in [-0.15, -0.1) is 0 Å². The van der Waals surface area contributed by atoms with E-state index in [0.717, 1.165) is 39.0 Å². The molecule has 1 aromatic rings. The molecule has 1 aromatic heterocycles. The lowest BCUT2D eigenvalue weighted by Gasteiger charge is -2.34. The summed E-state index contributed by atoms with van der Waals surface area (Å²) < 4.78 is 0.